The van der Waals surface area contributed by atoms with Crippen LogP contribution in [-0.2, 0) is 16.4 Å². The van der Waals surface area contributed by atoms with Gasteiger partial charge in [0.1, 0.15) is 0 Å². The lowest BCUT2D eigenvalue weighted by molar-refractivity contribution is 0.327. The second-order valence-electron chi connectivity index (χ2n) is 8.11. The fraction of sp³-hybridized carbons (Fsp3) is 0.192. The van der Waals surface area contributed by atoms with Crippen LogP contribution < -0.4 is 0 Å². The van der Waals surface area contributed by atoms with Crippen LogP contribution in [0.5, 0.6) is 0 Å². The van der Waals surface area contributed by atoms with Gasteiger partial charge in [-0.1, -0.05) is 66.7 Å². The van der Waals surface area contributed by atoms with Gasteiger partial charge in [0.05, 0.1) is 15.3 Å². The molecule has 5 rings (SSSR count). The first kappa shape index (κ1) is 19.9. The summed E-state index contributed by atoms with van der Waals surface area (Å²) in [6.45, 7) is 2.99. The molecule has 1 atom stereocenters. The number of para-hydroxylation sites is 1. The molecule has 1 saturated heterocycles. The average molecular weight is 429 g/mol. The number of hydrogen-bond donors (Lipinski definition) is 0. The molecule has 2 heterocycles. The third kappa shape index (κ3) is 3.99. The third-order valence-corrected chi connectivity index (χ3v) is 7.78. The van der Waals surface area contributed by atoms with Gasteiger partial charge in [-0.3, -0.25) is 9.88 Å². The summed E-state index contributed by atoms with van der Waals surface area (Å²) in [4.78, 5) is 7.64. The molecule has 4 nitrogen and oxygen atoms in total. The Labute approximate surface area is 183 Å². The highest BCUT2D eigenvalue weighted by Crippen LogP contribution is 2.33. The van der Waals surface area contributed by atoms with E-state index >= 15 is 0 Å². The van der Waals surface area contributed by atoms with Crippen molar-refractivity contribution in [1.29, 1.82) is 0 Å². The van der Waals surface area contributed by atoms with E-state index in [1.807, 2.05) is 24.3 Å². The van der Waals surface area contributed by atoms with Crippen molar-refractivity contribution in [2.75, 3.05) is 13.1 Å². The van der Waals surface area contributed by atoms with Crippen molar-refractivity contribution in [3.8, 4) is 0 Å². The summed E-state index contributed by atoms with van der Waals surface area (Å²) < 4.78 is 26.0. The lowest BCUT2D eigenvalue weighted by Gasteiger charge is -2.17. The van der Waals surface area contributed by atoms with E-state index in [0.717, 1.165) is 37.0 Å². The lowest BCUT2D eigenvalue weighted by atomic mass is 9.95. The monoisotopic (exact) mass is 428 g/mol. The molecular formula is C26H24N2O2S. The second-order valence-corrected chi connectivity index (χ2v) is 10.1. The largest absolute Gasteiger partial charge is 0.298 e. The van der Waals surface area contributed by atoms with Crippen molar-refractivity contribution >= 4 is 20.7 Å². The van der Waals surface area contributed by atoms with Gasteiger partial charge >= 0.3 is 0 Å². The van der Waals surface area contributed by atoms with Crippen LogP contribution in [0.4, 0.5) is 0 Å². The van der Waals surface area contributed by atoms with Gasteiger partial charge in [0.25, 0.3) is 0 Å². The van der Waals surface area contributed by atoms with Crippen LogP contribution in [0.1, 0.15) is 23.5 Å². The minimum Gasteiger partial charge on any atom is -0.298 e. The SMILES string of the molecule is O=S(=O)(c1ccccc1)c1cnc2c(C3CCN(Cc4ccccc4)C3)cccc2c1. The first-order valence-electron chi connectivity index (χ1n) is 10.6. The minimum absolute atomic E-state index is 0.237. The van der Waals surface area contributed by atoms with E-state index in [1.54, 1.807) is 30.3 Å². The maximum Gasteiger partial charge on any atom is 0.208 e. The minimum atomic E-state index is -3.58. The van der Waals surface area contributed by atoms with Gasteiger partial charge in [-0.2, -0.15) is 0 Å². The number of rotatable bonds is 5. The Morgan fingerprint density at radius 1 is 0.871 bits per heavy atom. The molecular weight excluding hydrogens is 404 g/mol. The van der Waals surface area contributed by atoms with Crippen LogP contribution in [0.25, 0.3) is 10.9 Å². The molecule has 0 aliphatic carbocycles. The highest BCUT2D eigenvalue weighted by atomic mass is 32.2. The second kappa shape index (κ2) is 8.25. The van der Waals surface area contributed by atoms with E-state index in [-0.39, 0.29) is 4.90 Å². The van der Waals surface area contributed by atoms with E-state index in [2.05, 4.69) is 40.2 Å². The van der Waals surface area contributed by atoms with Gasteiger partial charge in [0, 0.05) is 24.7 Å². The molecule has 0 bridgehead atoms. The Balaban J connectivity index is 1.42. The summed E-state index contributed by atoms with van der Waals surface area (Å²) >= 11 is 0. The van der Waals surface area contributed by atoms with Crippen molar-refractivity contribution in [2.24, 2.45) is 0 Å². The molecule has 31 heavy (non-hydrogen) atoms. The number of hydrogen-bond acceptors (Lipinski definition) is 4. The fourth-order valence-electron chi connectivity index (χ4n) is 4.45. The number of sulfone groups is 1. The lowest BCUT2D eigenvalue weighted by Crippen LogP contribution is -2.19. The Hall–Kier alpha value is -3.02. The smallest absolute Gasteiger partial charge is 0.208 e. The van der Waals surface area contributed by atoms with Crippen molar-refractivity contribution in [3.63, 3.8) is 0 Å². The van der Waals surface area contributed by atoms with Crippen molar-refractivity contribution < 1.29 is 8.42 Å². The number of nitrogens with zero attached hydrogens (tertiary/aromatic N) is 2. The third-order valence-electron chi connectivity index (χ3n) is 6.04. The standard InChI is InChI=1S/C26H24N2O2S/c29-31(30,23-11-5-2-6-12-23)24-16-21-10-7-13-25(26(21)27-17-24)22-14-15-28(19-22)18-20-8-3-1-4-9-20/h1-13,16-17,22H,14-15,18-19H2. The fourth-order valence-corrected chi connectivity index (χ4v) is 5.71. The summed E-state index contributed by atoms with van der Waals surface area (Å²) in [7, 11) is -3.58. The number of fused-ring (bicyclic) bond motifs is 1. The normalized spacial score (nSPS) is 17.2. The molecule has 3 aromatic carbocycles. The molecule has 0 amide bonds. The zero-order valence-corrected chi connectivity index (χ0v) is 18.0. The first-order valence-corrected chi connectivity index (χ1v) is 12.0. The van der Waals surface area contributed by atoms with Crippen molar-refractivity contribution in [1.82, 2.24) is 9.88 Å². The molecule has 0 N–H and O–H groups in total. The number of aromatic nitrogens is 1. The maximum atomic E-state index is 13.0. The van der Waals surface area contributed by atoms with Crippen molar-refractivity contribution in [3.05, 3.63) is 102 Å². The summed E-state index contributed by atoms with van der Waals surface area (Å²) in [6.07, 6.45) is 2.59. The molecule has 1 unspecified atom stereocenters. The van der Waals surface area contributed by atoms with E-state index in [4.69, 9.17) is 0 Å². The van der Waals surface area contributed by atoms with E-state index in [9.17, 15) is 8.42 Å². The van der Waals surface area contributed by atoms with Crippen LogP contribution in [-0.4, -0.2) is 31.4 Å². The molecule has 1 fully saturated rings. The quantitative estimate of drug-likeness (QED) is 0.446. The Bertz CT molecular complexity index is 1310. The summed E-state index contributed by atoms with van der Waals surface area (Å²) in [5.41, 5.74) is 3.44. The molecule has 1 aliphatic rings. The van der Waals surface area contributed by atoms with Gasteiger partial charge in [0.2, 0.25) is 9.84 Å². The Kier molecular flexibility index (Phi) is 5.30. The zero-order valence-electron chi connectivity index (χ0n) is 17.2. The van der Waals surface area contributed by atoms with Crippen LogP contribution in [0.2, 0.25) is 0 Å². The van der Waals surface area contributed by atoms with Gasteiger partial charge in [0.15, 0.2) is 0 Å². The average Bonchev–Trinajstić information content (AvgIpc) is 3.27. The molecule has 0 radical (unpaired) electrons. The van der Waals surface area contributed by atoms with Gasteiger partial charge in [-0.15, -0.1) is 0 Å². The maximum absolute atomic E-state index is 13.0. The number of pyridine rings is 1. The Morgan fingerprint density at radius 3 is 2.39 bits per heavy atom. The van der Waals surface area contributed by atoms with Crippen LogP contribution >= 0.6 is 0 Å². The summed E-state index contributed by atoms with van der Waals surface area (Å²) in [5, 5.41) is 0.871. The highest BCUT2D eigenvalue weighted by Gasteiger charge is 2.26. The predicted octanol–water partition coefficient (Wildman–Crippen LogP) is 5.06. The molecule has 4 aromatic rings. The summed E-state index contributed by atoms with van der Waals surface area (Å²) in [6, 6.07) is 26.9. The van der Waals surface area contributed by atoms with Crippen molar-refractivity contribution in [2.45, 2.75) is 28.7 Å². The number of likely N-dealkylation sites (tertiary alicyclic amines) is 1. The van der Waals surface area contributed by atoms with Gasteiger partial charge < -0.3 is 0 Å². The van der Waals surface area contributed by atoms with Crippen LogP contribution in [0, 0.1) is 0 Å². The topological polar surface area (TPSA) is 50.3 Å². The molecule has 156 valence electrons. The molecule has 0 saturated carbocycles. The zero-order chi connectivity index (χ0) is 21.3. The van der Waals surface area contributed by atoms with E-state index in [0.29, 0.717) is 10.8 Å². The van der Waals surface area contributed by atoms with Gasteiger partial charge in [-0.25, -0.2) is 8.42 Å². The van der Waals surface area contributed by atoms with Crippen LogP contribution in [0.3, 0.4) is 0 Å². The molecule has 1 aromatic heterocycles. The molecule has 0 spiro atoms. The van der Waals surface area contributed by atoms with Gasteiger partial charge in [-0.05, 0) is 48.2 Å². The van der Waals surface area contributed by atoms with Crippen LogP contribution in [0.15, 0.2) is 101 Å². The highest BCUT2D eigenvalue weighted by molar-refractivity contribution is 7.91. The predicted molar refractivity (Wildman–Crippen MR) is 123 cm³/mol. The summed E-state index contributed by atoms with van der Waals surface area (Å²) in [5.74, 6) is 0.400. The molecule has 1 aliphatic heterocycles. The molecule has 5 heteroatoms. The first-order chi connectivity index (χ1) is 15.1. The van der Waals surface area contributed by atoms with E-state index < -0.39 is 9.84 Å². The number of benzene rings is 3. The van der Waals surface area contributed by atoms with E-state index in [1.165, 1.54) is 17.3 Å². The Morgan fingerprint density at radius 2 is 1.61 bits per heavy atom.